The maximum Gasteiger partial charge on any atom is 0.416 e. The van der Waals surface area contributed by atoms with Crippen molar-refractivity contribution in [3.63, 3.8) is 0 Å². The number of alkyl halides is 3. The highest BCUT2D eigenvalue weighted by Crippen LogP contribution is 2.34. The summed E-state index contributed by atoms with van der Waals surface area (Å²) in [6.45, 7) is 5.29. The van der Waals surface area contributed by atoms with E-state index in [1.165, 1.54) is 0 Å². The molecule has 24 heavy (non-hydrogen) atoms. The van der Waals surface area contributed by atoms with Crippen LogP contribution in [0.3, 0.4) is 0 Å². The number of benzene rings is 2. The molecule has 2 rings (SSSR count). The Labute approximate surface area is 143 Å². The number of hydrogen-bond donors (Lipinski definition) is 1. The fourth-order valence-electron chi connectivity index (χ4n) is 2.42. The lowest BCUT2D eigenvalue weighted by molar-refractivity contribution is -0.137. The van der Waals surface area contributed by atoms with E-state index < -0.39 is 26.7 Å². The molecule has 0 aromatic heterocycles. The zero-order valence-corrected chi connectivity index (χ0v) is 14.7. The quantitative estimate of drug-likeness (QED) is 0.810. The molecule has 2 aromatic rings. The molecule has 130 valence electrons. The Morgan fingerprint density at radius 3 is 2.04 bits per heavy atom. The van der Waals surface area contributed by atoms with Crippen molar-refractivity contribution in [2.45, 2.75) is 31.8 Å². The smallest absolute Gasteiger partial charge is 0.279 e. The molecule has 0 aliphatic carbocycles. The van der Waals surface area contributed by atoms with Crippen molar-refractivity contribution >= 4 is 27.3 Å². The van der Waals surface area contributed by atoms with Crippen molar-refractivity contribution in [1.82, 2.24) is 0 Å². The van der Waals surface area contributed by atoms with Gasteiger partial charge >= 0.3 is 6.18 Å². The molecular weight excluding hydrogens is 363 g/mol. The normalized spacial score (nSPS) is 12.3. The third-order valence-electron chi connectivity index (χ3n) is 3.46. The minimum absolute atomic E-state index is 0.280. The summed E-state index contributed by atoms with van der Waals surface area (Å²) in [5, 5.41) is -0.280. The molecular formula is C16H15ClF3NO2S. The van der Waals surface area contributed by atoms with E-state index in [2.05, 4.69) is 4.72 Å². The number of hydrogen-bond acceptors (Lipinski definition) is 2. The van der Waals surface area contributed by atoms with Gasteiger partial charge in [-0.2, -0.15) is 13.2 Å². The molecule has 1 N–H and O–H groups in total. The molecule has 0 atom stereocenters. The fraction of sp³-hybridized carbons (Fsp3) is 0.250. The lowest BCUT2D eigenvalue weighted by Gasteiger charge is -2.16. The largest absolute Gasteiger partial charge is 0.416 e. The molecule has 0 amide bonds. The van der Waals surface area contributed by atoms with E-state index in [1.54, 1.807) is 26.0 Å². The summed E-state index contributed by atoms with van der Waals surface area (Å²) in [6.07, 6.45) is -4.66. The molecule has 0 unspecified atom stereocenters. The van der Waals surface area contributed by atoms with Crippen LogP contribution in [0.2, 0.25) is 5.02 Å². The van der Waals surface area contributed by atoms with Crippen molar-refractivity contribution in [3.05, 3.63) is 57.6 Å². The summed E-state index contributed by atoms with van der Waals surface area (Å²) in [6, 6.07) is 5.75. The number of nitrogens with one attached hydrogen (secondary N) is 1. The number of rotatable bonds is 3. The van der Waals surface area contributed by atoms with Gasteiger partial charge in [0.2, 0.25) is 0 Å². The zero-order valence-electron chi connectivity index (χ0n) is 13.1. The van der Waals surface area contributed by atoms with Crippen molar-refractivity contribution in [3.8, 4) is 0 Å². The second-order valence-corrected chi connectivity index (χ2v) is 7.58. The van der Waals surface area contributed by atoms with Gasteiger partial charge in [-0.3, -0.25) is 4.72 Å². The topological polar surface area (TPSA) is 46.2 Å². The Kier molecular flexibility index (Phi) is 4.88. The second kappa shape index (κ2) is 6.29. The van der Waals surface area contributed by atoms with Gasteiger partial charge in [0.1, 0.15) is 4.90 Å². The SMILES string of the molecule is Cc1cc(C)c(NS(=O)(=O)c2cc(C(F)(F)F)ccc2Cl)c(C)c1. The van der Waals surface area contributed by atoms with Crippen LogP contribution in [0.25, 0.3) is 0 Å². The molecule has 0 saturated carbocycles. The Balaban J connectivity index is 2.53. The van der Waals surface area contributed by atoms with E-state index in [9.17, 15) is 21.6 Å². The van der Waals surface area contributed by atoms with Gasteiger partial charge in [0.25, 0.3) is 10.0 Å². The Bertz CT molecular complexity index is 870. The lowest BCUT2D eigenvalue weighted by atomic mass is 10.1. The highest BCUT2D eigenvalue weighted by Gasteiger charge is 2.33. The van der Waals surface area contributed by atoms with Crippen molar-refractivity contribution in [1.29, 1.82) is 0 Å². The molecule has 0 aliphatic rings. The summed E-state index contributed by atoms with van der Waals surface area (Å²) >= 11 is 5.82. The average molecular weight is 378 g/mol. The monoisotopic (exact) mass is 377 g/mol. The van der Waals surface area contributed by atoms with Gasteiger partial charge in [0, 0.05) is 0 Å². The van der Waals surface area contributed by atoms with Gasteiger partial charge in [0.15, 0.2) is 0 Å². The fourth-order valence-corrected chi connectivity index (χ4v) is 4.15. The standard InChI is InChI=1S/C16H15ClF3NO2S/c1-9-6-10(2)15(11(3)7-9)21-24(22,23)14-8-12(16(18,19)20)4-5-13(14)17/h4-8,21H,1-3H3. The van der Waals surface area contributed by atoms with Crippen LogP contribution in [-0.4, -0.2) is 8.42 Å². The van der Waals surface area contributed by atoms with E-state index in [0.29, 0.717) is 22.9 Å². The van der Waals surface area contributed by atoms with Crippen molar-refractivity contribution < 1.29 is 21.6 Å². The average Bonchev–Trinajstić information content (AvgIpc) is 2.41. The van der Waals surface area contributed by atoms with E-state index in [1.807, 2.05) is 6.92 Å². The van der Waals surface area contributed by atoms with Crippen LogP contribution in [-0.2, 0) is 16.2 Å². The maximum atomic E-state index is 12.8. The molecule has 3 nitrogen and oxygen atoms in total. The summed E-state index contributed by atoms with van der Waals surface area (Å²) in [5.41, 5.74) is 1.53. The first-order valence-electron chi connectivity index (χ1n) is 6.89. The zero-order chi connectivity index (χ0) is 18.3. The third kappa shape index (κ3) is 3.84. The molecule has 0 aliphatic heterocycles. The number of anilines is 1. The van der Waals surface area contributed by atoms with E-state index in [0.717, 1.165) is 17.7 Å². The summed E-state index contributed by atoms with van der Waals surface area (Å²) < 4.78 is 65.9. The van der Waals surface area contributed by atoms with Gasteiger partial charge in [-0.1, -0.05) is 29.3 Å². The van der Waals surface area contributed by atoms with Gasteiger partial charge < -0.3 is 0 Å². The molecule has 2 aromatic carbocycles. The Hall–Kier alpha value is -1.73. The molecule has 0 heterocycles. The molecule has 0 saturated heterocycles. The van der Waals surface area contributed by atoms with Gasteiger partial charge in [-0.25, -0.2) is 8.42 Å². The third-order valence-corrected chi connectivity index (χ3v) is 5.29. The van der Waals surface area contributed by atoms with Gasteiger partial charge in [0.05, 0.1) is 16.3 Å². The van der Waals surface area contributed by atoms with Crippen LogP contribution in [0, 0.1) is 20.8 Å². The van der Waals surface area contributed by atoms with Crippen LogP contribution in [0.1, 0.15) is 22.3 Å². The predicted molar refractivity (Wildman–Crippen MR) is 87.9 cm³/mol. The Morgan fingerprint density at radius 2 is 1.54 bits per heavy atom. The molecule has 8 heteroatoms. The van der Waals surface area contributed by atoms with Crippen LogP contribution < -0.4 is 4.72 Å². The second-order valence-electron chi connectivity index (χ2n) is 5.52. The summed E-state index contributed by atoms with van der Waals surface area (Å²) in [5.74, 6) is 0. The Morgan fingerprint density at radius 1 is 1.00 bits per heavy atom. The van der Waals surface area contributed by atoms with Crippen LogP contribution >= 0.6 is 11.6 Å². The maximum absolute atomic E-state index is 12.8. The van der Waals surface area contributed by atoms with Crippen LogP contribution in [0.5, 0.6) is 0 Å². The van der Waals surface area contributed by atoms with E-state index in [4.69, 9.17) is 11.6 Å². The molecule has 0 bridgehead atoms. The minimum Gasteiger partial charge on any atom is -0.279 e. The summed E-state index contributed by atoms with van der Waals surface area (Å²) in [7, 11) is -4.27. The highest BCUT2D eigenvalue weighted by molar-refractivity contribution is 7.92. The molecule has 0 spiro atoms. The first kappa shape index (κ1) is 18.6. The van der Waals surface area contributed by atoms with Crippen LogP contribution in [0.15, 0.2) is 35.2 Å². The lowest BCUT2D eigenvalue weighted by Crippen LogP contribution is -2.16. The van der Waals surface area contributed by atoms with E-state index >= 15 is 0 Å². The highest BCUT2D eigenvalue weighted by atomic mass is 35.5. The minimum atomic E-state index is -4.66. The molecule has 0 radical (unpaired) electrons. The first-order chi connectivity index (χ1) is 10.9. The first-order valence-corrected chi connectivity index (χ1v) is 8.75. The van der Waals surface area contributed by atoms with E-state index in [-0.39, 0.29) is 5.02 Å². The number of aryl methyl sites for hydroxylation is 3. The van der Waals surface area contributed by atoms with Crippen LogP contribution in [0.4, 0.5) is 18.9 Å². The number of sulfonamides is 1. The van der Waals surface area contributed by atoms with Crippen molar-refractivity contribution in [2.75, 3.05) is 4.72 Å². The molecule has 0 fully saturated rings. The summed E-state index contributed by atoms with van der Waals surface area (Å²) in [4.78, 5) is -0.613. The van der Waals surface area contributed by atoms with Crippen molar-refractivity contribution in [2.24, 2.45) is 0 Å². The van der Waals surface area contributed by atoms with Gasteiger partial charge in [-0.05, 0) is 50.1 Å². The predicted octanol–water partition coefficient (Wildman–Crippen LogP) is 5.08. The van der Waals surface area contributed by atoms with Gasteiger partial charge in [-0.15, -0.1) is 0 Å². The number of halogens is 4.